The third-order valence-corrected chi connectivity index (χ3v) is 2.15. The molecule has 18 heavy (non-hydrogen) atoms. The molecule has 3 nitrogen and oxygen atoms in total. The van der Waals surface area contributed by atoms with Gasteiger partial charge in [0.05, 0.1) is 11.3 Å². The molecule has 0 saturated carbocycles. The van der Waals surface area contributed by atoms with Crippen molar-refractivity contribution in [1.29, 1.82) is 0 Å². The first-order valence-electron chi connectivity index (χ1n) is 4.68. The second-order valence-corrected chi connectivity index (χ2v) is 3.35. The fraction of sp³-hybridized carbons (Fsp3) is 0.200. The summed E-state index contributed by atoms with van der Waals surface area (Å²) in [5, 5.41) is 6.43. The molecule has 2 rings (SSSR count). The lowest BCUT2D eigenvalue weighted by Gasteiger charge is -2.09. The minimum atomic E-state index is -4.55. The maximum absolute atomic E-state index is 12.5. The Morgan fingerprint density at radius 3 is 2.56 bits per heavy atom. The van der Waals surface area contributed by atoms with Crippen LogP contribution in [0.4, 0.5) is 22.0 Å². The second-order valence-electron chi connectivity index (χ2n) is 3.35. The zero-order valence-corrected chi connectivity index (χ0v) is 8.62. The van der Waals surface area contributed by atoms with Crippen LogP contribution < -0.4 is 0 Å². The molecule has 0 spiro atoms. The lowest BCUT2D eigenvalue weighted by molar-refractivity contribution is -0.137. The monoisotopic (exact) mass is 262 g/mol. The van der Waals surface area contributed by atoms with E-state index in [1.165, 1.54) is 6.07 Å². The third-order valence-electron chi connectivity index (χ3n) is 2.15. The zero-order valence-electron chi connectivity index (χ0n) is 8.62. The lowest BCUT2D eigenvalue weighted by atomic mass is 10.2. The molecule has 0 bridgehead atoms. The van der Waals surface area contributed by atoms with E-state index in [1.54, 1.807) is 0 Å². The zero-order chi connectivity index (χ0) is 13.3. The van der Waals surface area contributed by atoms with Crippen LogP contribution in [0.2, 0.25) is 0 Å². The summed E-state index contributed by atoms with van der Waals surface area (Å²) in [6.07, 6.45) is -5.54. The lowest BCUT2D eigenvalue weighted by Crippen LogP contribution is -2.08. The number of nitrogens with zero attached hydrogens (tertiary/aromatic N) is 3. The molecule has 2 aromatic rings. The molecule has 1 radical (unpaired) electrons. The smallest absolute Gasteiger partial charge is 0.211 e. The SMILES string of the molecule is FC(F)c1[c]nnn1-c1cccc(C(F)(F)F)c1. The van der Waals surface area contributed by atoms with Gasteiger partial charge in [-0.15, -0.1) is 5.10 Å². The van der Waals surface area contributed by atoms with Crippen molar-refractivity contribution in [3.8, 4) is 5.69 Å². The van der Waals surface area contributed by atoms with Gasteiger partial charge in [-0.2, -0.15) is 13.2 Å². The van der Waals surface area contributed by atoms with E-state index in [1.807, 2.05) is 6.20 Å². The maximum atomic E-state index is 12.5. The third kappa shape index (κ3) is 2.31. The predicted octanol–water partition coefficient (Wildman–Crippen LogP) is 3.02. The number of alkyl halides is 5. The Balaban J connectivity index is 2.48. The summed E-state index contributed by atoms with van der Waals surface area (Å²) in [4.78, 5) is 0. The highest BCUT2D eigenvalue weighted by atomic mass is 19.4. The molecule has 1 aromatic carbocycles. The van der Waals surface area contributed by atoms with Crippen molar-refractivity contribution in [3.63, 3.8) is 0 Å². The number of hydrogen-bond acceptors (Lipinski definition) is 2. The summed E-state index contributed by atoms with van der Waals surface area (Å²) in [6.45, 7) is 0. The van der Waals surface area contributed by atoms with Crippen molar-refractivity contribution in [3.05, 3.63) is 41.7 Å². The minimum absolute atomic E-state index is 0.145. The average molecular weight is 262 g/mol. The molecule has 0 N–H and O–H groups in total. The van der Waals surface area contributed by atoms with Crippen LogP contribution in [0.15, 0.2) is 24.3 Å². The van der Waals surface area contributed by atoms with E-state index in [4.69, 9.17) is 0 Å². The van der Waals surface area contributed by atoms with Gasteiger partial charge in [0.2, 0.25) is 0 Å². The fourth-order valence-electron chi connectivity index (χ4n) is 1.36. The van der Waals surface area contributed by atoms with Crippen LogP contribution in [0.3, 0.4) is 0 Å². The molecule has 1 aromatic heterocycles. The quantitative estimate of drug-likeness (QED) is 0.779. The van der Waals surface area contributed by atoms with Crippen LogP contribution in [-0.2, 0) is 6.18 Å². The number of halogens is 5. The van der Waals surface area contributed by atoms with Gasteiger partial charge in [-0.25, -0.2) is 13.5 Å². The Bertz CT molecular complexity index is 546. The molecule has 95 valence electrons. The highest BCUT2D eigenvalue weighted by molar-refractivity contribution is 5.37. The van der Waals surface area contributed by atoms with Gasteiger partial charge in [-0.1, -0.05) is 11.3 Å². The first-order valence-corrected chi connectivity index (χ1v) is 4.68. The molecular weight excluding hydrogens is 257 g/mol. The summed E-state index contributed by atoms with van der Waals surface area (Å²) >= 11 is 0. The van der Waals surface area contributed by atoms with Crippen molar-refractivity contribution in [2.45, 2.75) is 12.6 Å². The summed E-state index contributed by atoms with van der Waals surface area (Å²) in [5.74, 6) is 0. The molecule has 8 heteroatoms. The molecule has 0 aliphatic carbocycles. The average Bonchev–Trinajstić information content (AvgIpc) is 2.77. The summed E-state index contributed by atoms with van der Waals surface area (Å²) in [7, 11) is 0. The van der Waals surface area contributed by atoms with E-state index in [9.17, 15) is 22.0 Å². The largest absolute Gasteiger partial charge is 0.416 e. The van der Waals surface area contributed by atoms with Crippen LogP contribution in [0.25, 0.3) is 5.69 Å². The van der Waals surface area contributed by atoms with Gasteiger partial charge in [0.15, 0.2) is 0 Å². The van der Waals surface area contributed by atoms with Crippen molar-refractivity contribution in [1.82, 2.24) is 15.0 Å². The standard InChI is InChI=1S/C10H5F5N3/c11-9(12)8-5-16-17-18(8)7-3-1-2-6(4-7)10(13,14)15/h1-4,9H. The Morgan fingerprint density at radius 1 is 1.22 bits per heavy atom. The summed E-state index contributed by atoms with van der Waals surface area (Å²) < 4.78 is 63.1. The Labute approximate surface area is 97.8 Å². The van der Waals surface area contributed by atoms with Crippen LogP contribution in [0.1, 0.15) is 17.7 Å². The highest BCUT2D eigenvalue weighted by Crippen LogP contribution is 2.30. The van der Waals surface area contributed by atoms with Crippen LogP contribution in [0, 0.1) is 6.20 Å². The molecule has 1 heterocycles. The van der Waals surface area contributed by atoms with Crippen LogP contribution >= 0.6 is 0 Å². The first kappa shape index (κ1) is 12.5. The Kier molecular flexibility index (Phi) is 3.02. The number of benzene rings is 1. The maximum Gasteiger partial charge on any atom is 0.416 e. The van der Waals surface area contributed by atoms with Gasteiger partial charge < -0.3 is 0 Å². The van der Waals surface area contributed by atoms with E-state index in [0.717, 1.165) is 12.1 Å². The van der Waals surface area contributed by atoms with Crippen molar-refractivity contribution in [2.24, 2.45) is 0 Å². The number of hydrogen-bond donors (Lipinski definition) is 0. The normalized spacial score (nSPS) is 12.1. The second kappa shape index (κ2) is 4.35. The van der Waals surface area contributed by atoms with E-state index >= 15 is 0 Å². The molecule has 0 atom stereocenters. The van der Waals surface area contributed by atoms with Gasteiger partial charge in [-0.3, -0.25) is 0 Å². The van der Waals surface area contributed by atoms with E-state index in [0.29, 0.717) is 10.7 Å². The topological polar surface area (TPSA) is 30.7 Å². The van der Waals surface area contributed by atoms with Crippen molar-refractivity contribution in [2.75, 3.05) is 0 Å². The summed E-state index contributed by atoms with van der Waals surface area (Å²) in [6, 6.07) is 3.89. The van der Waals surface area contributed by atoms with Crippen LogP contribution in [-0.4, -0.2) is 15.0 Å². The highest BCUT2D eigenvalue weighted by Gasteiger charge is 2.31. The van der Waals surface area contributed by atoms with Crippen molar-refractivity contribution < 1.29 is 22.0 Å². The molecular formula is C10H5F5N3. The molecule has 0 fully saturated rings. The van der Waals surface area contributed by atoms with Gasteiger partial charge >= 0.3 is 6.18 Å². The van der Waals surface area contributed by atoms with Gasteiger partial charge in [0, 0.05) is 0 Å². The van der Waals surface area contributed by atoms with Crippen LogP contribution in [0.5, 0.6) is 0 Å². The van der Waals surface area contributed by atoms with E-state index in [-0.39, 0.29) is 5.69 Å². The molecule has 0 saturated heterocycles. The summed E-state index contributed by atoms with van der Waals surface area (Å²) in [5.41, 5.74) is -1.78. The van der Waals surface area contributed by atoms with Gasteiger partial charge in [0.25, 0.3) is 6.43 Å². The Morgan fingerprint density at radius 2 is 1.94 bits per heavy atom. The first-order chi connectivity index (χ1) is 8.39. The molecule has 0 aliphatic rings. The number of rotatable bonds is 2. The predicted molar refractivity (Wildman–Crippen MR) is 50.2 cm³/mol. The van der Waals surface area contributed by atoms with Crippen molar-refractivity contribution >= 4 is 0 Å². The minimum Gasteiger partial charge on any atom is -0.211 e. The molecule has 0 aliphatic heterocycles. The van der Waals surface area contributed by atoms with E-state index in [2.05, 4.69) is 10.3 Å². The van der Waals surface area contributed by atoms with E-state index < -0.39 is 23.9 Å². The Hall–Kier alpha value is -1.99. The molecule has 0 amide bonds. The number of aromatic nitrogens is 3. The molecule has 0 unspecified atom stereocenters. The fourth-order valence-corrected chi connectivity index (χ4v) is 1.36. The van der Waals surface area contributed by atoms with Gasteiger partial charge in [0.1, 0.15) is 11.9 Å². The van der Waals surface area contributed by atoms with Gasteiger partial charge in [-0.05, 0) is 18.2 Å².